The molecule has 0 atom stereocenters. The van der Waals surface area contributed by atoms with Gasteiger partial charge in [-0.25, -0.2) is 0 Å². The smallest absolute Gasteiger partial charge is 0.258 e. The number of benzene rings is 4. The van der Waals surface area contributed by atoms with Gasteiger partial charge < -0.3 is 0 Å². The van der Waals surface area contributed by atoms with E-state index < -0.39 is 0 Å². The van der Waals surface area contributed by atoms with Crippen LogP contribution in [0.1, 0.15) is 0 Å². The standard InChI is InChI=1S/C20H13NO2/c22-21(23)20-18-8-4-3-6-15(18)11-12-19(20)17-10-9-14-5-1-2-7-16(14)13-17/h1-13H. The minimum absolute atomic E-state index is 0.165. The molecule has 0 fully saturated rings. The summed E-state index contributed by atoms with van der Waals surface area (Å²) in [7, 11) is 0. The molecule has 4 aromatic carbocycles. The van der Waals surface area contributed by atoms with Crippen LogP contribution in [0.15, 0.2) is 78.9 Å². The van der Waals surface area contributed by atoms with Gasteiger partial charge in [0.15, 0.2) is 0 Å². The highest BCUT2D eigenvalue weighted by molar-refractivity contribution is 5.99. The third kappa shape index (κ3) is 2.23. The lowest BCUT2D eigenvalue weighted by molar-refractivity contribution is -0.382. The van der Waals surface area contributed by atoms with Crippen molar-refractivity contribution < 1.29 is 4.92 Å². The molecule has 23 heavy (non-hydrogen) atoms. The summed E-state index contributed by atoms with van der Waals surface area (Å²) in [5, 5.41) is 15.4. The van der Waals surface area contributed by atoms with Crippen LogP contribution in [0.4, 0.5) is 5.69 Å². The van der Waals surface area contributed by atoms with E-state index in [9.17, 15) is 10.1 Å². The van der Waals surface area contributed by atoms with Crippen molar-refractivity contribution in [1.82, 2.24) is 0 Å². The Morgan fingerprint density at radius 3 is 2.13 bits per heavy atom. The second-order valence-electron chi connectivity index (χ2n) is 5.50. The molecule has 0 N–H and O–H groups in total. The minimum Gasteiger partial charge on any atom is -0.258 e. The van der Waals surface area contributed by atoms with Gasteiger partial charge in [-0.1, -0.05) is 60.7 Å². The predicted octanol–water partition coefficient (Wildman–Crippen LogP) is 5.57. The fraction of sp³-hybridized carbons (Fsp3) is 0. The number of nitro benzene ring substituents is 1. The van der Waals surface area contributed by atoms with Gasteiger partial charge in [-0.2, -0.15) is 0 Å². The highest BCUT2D eigenvalue weighted by Gasteiger charge is 2.19. The van der Waals surface area contributed by atoms with Gasteiger partial charge in [0.1, 0.15) is 0 Å². The molecule has 4 rings (SSSR count). The first-order valence-corrected chi connectivity index (χ1v) is 7.39. The molecular formula is C20H13NO2. The second kappa shape index (κ2) is 5.21. The molecule has 3 heteroatoms. The average Bonchev–Trinajstić information content (AvgIpc) is 2.60. The Kier molecular flexibility index (Phi) is 3.05. The van der Waals surface area contributed by atoms with Crippen LogP contribution in [0.5, 0.6) is 0 Å². The topological polar surface area (TPSA) is 43.1 Å². The lowest BCUT2D eigenvalue weighted by Crippen LogP contribution is -1.93. The predicted molar refractivity (Wildman–Crippen MR) is 93.5 cm³/mol. The molecule has 0 aliphatic heterocycles. The quantitative estimate of drug-likeness (QED) is 0.359. The van der Waals surface area contributed by atoms with E-state index in [1.807, 2.05) is 72.8 Å². The zero-order valence-corrected chi connectivity index (χ0v) is 12.3. The first kappa shape index (κ1) is 13.5. The maximum Gasteiger partial charge on any atom is 0.284 e. The largest absolute Gasteiger partial charge is 0.284 e. The Morgan fingerprint density at radius 2 is 1.35 bits per heavy atom. The zero-order chi connectivity index (χ0) is 15.8. The molecule has 4 aromatic rings. The van der Waals surface area contributed by atoms with E-state index in [1.54, 1.807) is 6.07 Å². The van der Waals surface area contributed by atoms with E-state index >= 15 is 0 Å². The molecule has 3 nitrogen and oxygen atoms in total. The summed E-state index contributed by atoms with van der Waals surface area (Å²) in [5.74, 6) is 0. The summed E-state index contributed by atoms with van der Waals surface area (Å²) in [5.41, 5.74) is 1.68. The maximum absolute atomic E-state index is 11.7. The summed E-state index contributed by atoms with van der Waals surface area (Å²) >= 11 is 0. The Balaban J connectivity index is 2.03. The summed E-state index contributed by atoms with van der Waals surface area (Å²) in [6.07, 6.45) is 0. The molecule has 0 bridgehead atoms. The lowest BCUT2D eigenvalue weighted by atomic mass is 9.96. The number of nitro groups is 1. The highest BCUT2D eigenvalue weighted by Crippen LogP contribution is 2.37. The lowest BCUT2D eigenvalue weighted by Gasteiger charge is -2.08. The molecular weight excluding hydrogens is 286 g/mol. The van der Waals surface area contributed by atoms with Gasteiger partial charge in [-0.05, 0) is 39.9 Å². The number of hydrogen-bond donors (Lipinski definition) is 0. The van der Waals surface area contributed by atoms with Crippen molar-refractivity contribution in [3.63, 3.8) is 0 Å². The normalized spacial score (nSPS) is 11.0. The SMILES string of the molecule is O=[N+]([O-])c1c(-c2ccc3ccccc3c2)ccc2ccccc12. The van der Waals surface area contributed by atoms with E-state index in [1.165, 1.54) is 0 Å². The summed E-state index contributed by atoms with van der Waals surface area (Å²) in [6, 6.07) is 25.2. The molecule has 0 aromatic heterocycles. The fourth-order valence-corrected chi connectivity index (χ4v) is 3.04. The monoisotopic (exact) mass is 299 g/mol. The zero-order valence-electron chi connectivity index (χ0n) is 12.3. The van der Waals surface area contributed by atoms with Gasteiger partial charge in [0.05, 0.1) is 15.9 Å². The number of hydrogen-bond acceptors (Lipinski definition) is 2. The van der Waals surface area contributed by atoms with E-state index in [2.05, 4.69) is 0 Å². The number of nitrogens with zero attached hydrogens (tertiary/aromatic N) is 1. The van der Waals surface area contributed by atoms with Crippen molar-refractivity contribution in [2.45, 2.75) is 0 Å². The Labute approximate surface area is 133 Å². The summed E-state index contributed by atoms with van der Waals surface area (Å²) < 4.78 is 0. The van der Waals surface area contributed by atoms with E-state index in [0.29, 0.717) is 10.9 Å². The summed E-state index contributed by atoms with van der Waals surface area (Å²) in [4.78, 5) is 11.4. The van der Waals surface area contributed by atoms with Crippen molar-refractivity contribution in [2.24, 2.45) is 0 Å². The van der Waals surface area contributed by atoms with Gasteiger partial charge in [0.2, 0.25) is 0 Å². The van der Waals surface area contributed by atoms with Crippen LogP contribution in [0, 0.1) is 10.1 Å². The first-order valence-electron chi connectivity index (χ1n) is 7.39. The molecule has 0 spiro atoms. The van der Waals surface area contributed by atoms with Crippen molar-refractivity contribution in [3.05, 3.63) is 89.0 Å². The third-order valence-corrected chi connectivity index (χ3v) is 4.14. The maximum atomic E-state index is 11.7. The molecule has 110 valence electrons. The molecule has 0 saturated heterocycles. The van der Waals surface area contributed by atoms with Crippen LogP contribution in [0.25, 0.3) is 32.7 Å². The molecule has 0 saturated carbocycles. The van der Waals surface area contributed by atoms with Gasteiger partial charge in [-0.3, -0.25) is 10.1 Å². The van der Waals surface area contributed by atoms with Gasteiger partial charge >= 0.3 is 0 Å². The second-order valence-corrected chi connectivity index (χ2v) is 5.50. The van der Waals surface area contributed by atoms with Crippen LogP contribution in [0.2, 0.25) is 0 Å². The highest BCUT2D eigenvalue weighted by atomic mass is 16.6. The first-order chi connectivity index (χ1) is 11.2. The average molecular weight is 299 g/mol. The molecule has 0 amide bonds. The van der Waals surface area contributed by atoms with Gasteiger partial charge in [0, 0.05) is 0 Å². The Morgan fingerprint density at radius 1 is 0.696 bits per heavy atom. The molecule has 0 aliphatic rings. The van der Waals surface area contributed by atoms with Crippen molar-refractivity contribution in [3.8, 4) is 11.1 Å². The summed E-state index contributed by atoms with van der Waals surface area (Å²) in [6.45, 7) is 0. The van der Waals surface area contributed by atoms with Crippen LogP contribution in [0.3, 0.4) is 0 Å². The van der Waals surface area contributed by atoms with E-state index in [4.69, 9.17) is 0 Å². The van der Waals surface area contributed by atoms with Crippen LogP contribution < -0.4 is 0 Å². The Bertz CT molecular complexity index is 1050. The molecule has 0 unspecified atom stereocenters. The molecule has 0 radical (unpaired) electrons. The van der Waals surface area contributed by atoms with Crippen LogP contribution in [-0.4, -0.2) is 4.92 Å². The minimum atomic E-state index is -0.285. The third-order valence-electron chi connectivity index (χ3n) is 4.14. The fourth-order valence-electron chi connectivity index (χ4n) is 3.04. The van der Waals surface area contributed by atoms with E-state index in [-0.39, 0.29) is 10.6 Å². The van der Waals surface area contributed by atoms with Gasteiger partial charge in [-0.15, -0.1) is 0 Å². The molecule has 0 heterocycles. The molecule has 0 aliphatic carbocycles. The van der Waals surface area contributed by atoms with E-state index in [0.717, 1.165) is 21.7 Å². The van der Waals surface area contributed by atoms with Crippen molar-refractivity contribution in [1.29, 1.82) is 0 Å². The van der Waals surface area contributed by atoms with Crippen LogP contribution in [-0.2, 0) is 0 Å². The Hall–Kier alpha value is -3.20. The van der Waals surface area contributed by atoms with Gasteiger partial charge in [0.25, 0.3) is 5.69 Å². The number of rotatable bonds is 2. The van der Waals surface area contributed by atoms with Crippen molar-refractivity contribution >= 4 is 27.2 Å². The van der Waals surface area contributed by atoms with Crippen LogP contribution >= 0.6 is 0 Å². The van der Waals surface area contributed by atoms with Crippen molar-refractivity contribution in [2.75, 3.05) is 0 Å². The number of fused-ring (bicyclic) bond motifs is 2.